The summed E-state index contributed by atoms with van der Waals surface area (Å²) in [4.78, 5) is 40.3. The largest absolute Gasteiger partial charge is 0.276 e. The first-order chi connectivity index (χ1) is 12.4. The number of nitrogens with one attached hydrogen (secondary N) is 2. The van der Waals surface area contributed by atoms with Crippen LogP contribution in [0.15, 0.2) is 12.2 Å². The smallest absolute Gasteiger partial charge is 0.255 e. The summed E-state index contributed by atoms with van der Waals surface area (Å²) in [7, 11) is -3.64. The maximum Gasteiger partial charge on any atom is 0.255 e. The molecule has 3 fully saturated rings. The molecule has 2 bridgehead atoms. The number of carbonyl (C=O) groups is 3. The van der Waals surface area contributed by atoms with Gasteiger partial charge < -0.3 is 0 Å². The summed E-state index contributed by atoms with van der Waals surface area (Å²) in [6, 6.07) is 0. The second-order valence-corrected chi connectivity index (χ2v) is 9.68. The Hall–Kier alpha value is -1.74. The van der Waals surface area contributed by atoms with Crippen molar-refractivity contribution in [2.24, 2.45) is 23.7 Å². The quantitative estimate of drug-likeness (QED) is 0.398. The average molecular weight is 381 g/mol. The Morgan fingerprint density at radius 3 is 2.19 bits per heavy atom. The highest BCUT2D eigenvalue weighted by atomic mass is 32.2. The highest BCUT2D eigenvalue weighted by Crippen LogP contribution is 2.52. The molecular weight excluding hydrogens is 358 g/mol. The first kappa shape index (κ1) is 17.7. The van der Waals surface area contributed by atoms with E-state index >= 15 is 0 Å². The van der Waals surface area contributed by atoms with E-state index in [0.717, 1.165) is 30.6 Å². The van der Waals surface area contributed by atoms with Crippen molar-refractivity contribution >= 4 is 27.7 Å². The molecule has 1 aliphatic heterocycles. The number of hydrazine groups is 1. The van der Waals surface area contributed by atoms with E-state index in [1.54, 1.807) is 0 Å². The Morgan fingerprint density at radius 1 is 1.04 bits per heavy atom. The van der Waals surface area contributed by atoms with Crippen LogP contribution in [0.4, 0.5) is 0 Å². The molecule has 0 radical (unpaired) electrons. The molecule has 3 amide bonds. The van der Waals surface area contributed by atoms with Gasteiger partial charge in [-0.2, -0.15) is 0 Å². The highest BCUT2D eigenvalue weighted by molar-refractivity contribution is 7.90. The van der Waals surface area contributed by atoms with Crippen LogP contribution in [-0.2, 0) is 24.4 Å². The van der Waals surface area contributed by atoms with Gasteiger partial charge in [0.1, 0.15) is 6.54 Å². The number of carbonyl (C=O) groups excluding carboxylic acids is 3. The topological polar surface area (TPSA) is 113 Å². The van der Waals surface area contributed by atoms with Crippen molar-refractivity contribution in [1.82, 2.24) is 15.2 Å². The fourth-order valence-electron chi connectivity index (χ4n) is 4.89. The van der Waals surface area contributed by atoms with E-state index in [1.807, 2.05) is 12.2 Å². The van der Waals surface area contributed by atoms with Crippen molar-refractivity contribution in [3.05, 3.63) is 12.2 Å². The van der Waals surface area contributed by atoms with Gasteiger partial charge in [-0.25, -0.2) is 8.42 Å². The molecule has 0 spiro atoms. The zero-order valence-electron chi connectivity index (χ0n) is 14.4. The van der Waals surface area contributed by atoms with Crippen LogP contribution in [-0.4, -0.2) is 42.8 Å². The van der Waals surface area contributed by atoms with E-state index in [-0.39, 0.29) is 35.5 Å². The molecule has 1 heterocycles. The Labute approximate surface area is 152 Å². The zero-order valence-corrected chi connectivity index (χ0v) is 15.2. The molecule has 3 aliphatic carbocycles. The van der Waals surface area contributed by atoms with Crippen molar-refractivity contribution in [2.75, 3.05) is 6.54 Å². The Kier molecular flexibility index (Phi) is 4.38. The van der Waals surface area contributed by atoms with Crippen molar-refractivity contribution in [3.8, 4) is 0 Å². The van der Waals surface area contributed by atoms with E-state index in [9.17, 15) is 22.8 Å². The fourth-order valence-corrected chi connectivity index (χ4v) is 6.27. The molecular formula is C17H23N3O5S. The summed E-state index contributed by atoms with van der Waals surface area (Å²) < 4.78 is 24.5. The number of likely N-dealkylation sites (tertiary alicyclic amines) is 1. The molecule has 4 rings (SSSR count). The van der Waals surface area contributed by atoms with Gasteiger partial charge in [-0.3, -0.25) is 24.7 Å². The lowest BCUT2D eigenvalue weighted by molar-refractivity contribution is -0.144. The number of fused-ring (bicyclic) bond motifs is 5. The maximum atomic E-state index is 12.5. The predicted molar refractivity (Wildman–Crippen MR) is 91.5 cm³/mol. The third kappa shape index (κ3) is 2.87. The molecule has 2 N–H and O–H groups in total. The van der Waals surface area contributed by atoms with Crippen LogP contribution in [0.25, 0.3) is 0 Å². The maximum absolute atomic E-state index is 12.5. The number of nitrogens with zero attached hydrogens (tertiary/aromatic N) is 1. The molecule has 1 saturated heterocycles. The summed E-state index contributed by atoms with van der Waals surface area (Å²) in [5.74, 6) is -1.89. The average Bonchev–Trinajstić information content (AvgIpc) is 3.31. The van der Waals surface area contributed by atoms with Gasteiger partial charge in [0.25, 0.3) is 5.91 Å². The first-order valence-corrected chi connectivity index (χ1v) is 10.8. The number of allylic oxidation sites excluding steroid dienone is 2. The zero-order chi connectivity index (χ0) is 18.5. The van der Waals surface area contributed by atoms with Gasteiger partial charge in [0.2, 0.25) is 21.8 Å². The van der Waals surface area contributed by atoms with E-state index in [1.165, 1.54) is 0 Å². The van der Waals surface area contributed by atoms with E-state index in [0.29, 0.717) is 12.8 Å². The minimum absolute atomic E-state index is 0.0827. The molecule has 4 atom stereocenters. The van der Waals surface area contributed by atoms with E-state index in [2.05, 4.69) is 10.3 Å². The van der Waals surface area contributed by atoms with E-state index in [4.69, 9.17) is 0 Å². The number of hydrogen-bond acceptors (Lipinski definition) is 5. The van der Waals surface area contributed by atoms with Gasteiger partial charge in [0.05, 0.1) is 17.1 Å². The monoisotopic (exact) mass is 381 g/mol. The number of rotatable bonds is 5. The van der Waals surface area contributed by atoms with Crippen molar-refractivity contribution in [1.29, 1.82) is 0 Å². The minimum atomic E-state index is -3.64. The standard InChI is InChI=1S/C17H23N3O5S/c21-13(18-19-26(24,25)12-4-2-1-3-5-12)9-20-16(22)14-10-6-7-11(8-10)15(14)17(20)23/h6-7,10-12,14-15,19H,1-5,8-9H2,(H,18,21)/t10-,11-,14-,15-/m0/s1. The Morgan fingerprint density at radius 2 is 1.62 bits per heavy atom. The van der Waals surface area contributed by atoms with Gasteiger partial charge in [-0.05, 0) is 31.1 Å². The third-order valence-corrected chi connectivity index (χ3v) is 7.92. The van der Waals surface area contributed by atoms with Gasteiger partial charge in [-0.1, -0.05) is 31.4 Å². The van der Waals surface area contributed by atoms with Crippen LogP contribution < -0.4 is 10.3 Å². The first-order valence-electron chi connectivity index (χ1n) is 9.21. The molecule has 0 aromatic carbocycles. The van der Waals surface area contributed by atoms with Crippen molar-refractivity contribution in [3.63, 3.8) is 0 Å². The Balaban J connectivity index is 1.34. The number of imide groups is 1. The fraction of sp³-hybridized carbons (Fsp3) is 0.706. The SMILES string of the molecule is O=C(CN1C(=O)[C@@H]2[C@@H](C1=O)[C@H]1C=C[C@H]2C1)NNS(=O)(=O)C1CCCCC1. The minimum Gasteiger partial charge on any atom is -0.276 e. The van der Waals surface area contributed by atoms with Crippen LogP contribution in [0.3, 0.4) is 0 Å². The number of hydrogen-bond donors (Lipinski definition) is 2. The lowest BCUT2D eigenvalue weighted by Gasteiger charge is -2.22. The van der Waals surface area contributed by atoms with Crippen LogP contribution >= 0.6 is 0 Å². The number of amides is 3. The van der Waals surface area contributed by atoms with Crippen LogP contribution in [0, 0.1) is 23.7 Å². The second kappa shape index (κ2) is 6.45. The predicted octanol–water partition coefficient (Wildman–Crippen LogP) is 0.0768. The molecule has 4 aliphatic rings. The van der Waals surface area contributed by atoms with E-state index < -0.39 is 27.7 Å². The molecule has 142 valence electrons. The molecule has 0 aromatic heterocycles. The molecule has 0 unspecified atom stereocenters. The summed E-state index contributed by atoms with van der Waals surface area (Å²) in [6.45, 7) is -0.447. The van der Waals surface area contributed by atoms with Gasteiger partial charge in [0.15, 0.2) is 0 Å². The molecule has 9 heteroatoms. The molecule has 26 heavy (non-hydrogen) atoms. The molecule has 2 saturated carbocycles. The lowest BCUT2D eigenvalue weighted by Crippen LogP contribution is -2.50. The molecule has 0 aromatic rings. The second-order valence-electron chi connectivity index (χ2n) is 7.72. The summed E-state index contributed by atoms with van der Waals surface area (Å²) >= 11 is 0. The lowest BCUT2D eigenvalue weighted by atomic mass is 9.85. The van der Waals surface area contributed by atoms with Gasteiger partial charge in [-0.15, -0.1) is 4.83 Å². The van der Waals surface area contributed by atoms with Crippen LogP contribution in [0.1, 0.15) is 38.5 Å². The molecule has 8 nitrogen and oxygen atoms in total. The third-order valence-electron chi connectivity index (χ3n) is 6.19. The normalized spacial score (nSPS) is 33.8. The highest BCUT2D eigenvalue weighted by Gasteiger charge is 2.59. The number of sulfonamides is 1. The van der Waals surface area contributed by atoms with Gasteiger partial charge >= 0.3 is 0 Å². The van der Waals surface area contributed by atoms with Gasteiger partial charge in [0, 0.05) is 0 Å². The summed E-state index contributed by atoms with van der Waals surface area (Å²) in [6.07, 6.45) is 8.69. The van der Waals surface area contributed by atoms with Crippen LogP contribution in [0.2, 0.25) is 0 Å². The summed E-state index contributed by atoms with van der Waals surface area (Å²) in [5, 5.41) is -0.507. The van der Waals surface area contributed by atoms with Crippen molar-refractivity contribution in [2.45, 2.75) is 43.8 Å². The van der Waals surface area contributed by atoms with Crippen LogP contribution in [0.5, 0.6) is 0 Å². The van der Waals surface area contributed by atoms with Crippen molar-refractivity contribution < 1.29 is 22.8 Å². The Bertz CT molecular complexity index is 741. The summed E-state index contributed by atoms with van der Waals surface area (Å²) in [5.41, 5.74) is 2.15.